The number of nitrogens with two attached hydrogens (primary N) is 1. The summed E-state index contributed by atoms with van der Waals surface area (Å²) in [6, 6.07) is 10.4. The van der Waals surface area contributed by atoms with Gasteiger partial charge in [0.2, 0.25) is 0 Å². The van der Waals surface area contributed by atoms with E-state index in [0.717, 1.165) is 12.8 Å². The smallest absolute Gasteiger partial charge is 0.492 e. The first-order chi connectivity index (χ1) is 15.2. The normalized spacial score (nSPS) is 14.6. The highest BCUT2D eigenvalue weighted by Crippen LogP contribution is 2.37. The Morgan fingerprint density at radius 2 is 1.75 bits per heavy atom. The van der Waals surface area contributed by atoms with Gasteiger partial charge in [-0.05, 0) is 60.7 Å². The number of carbonyl (C=O) groups excluding carboxylic acids is 2. The Morgan fingerprint density at radius 3 is 2.38 bits per heavy atom. The molecule has 0 radical (unpaired) electrons. The van der Waals surface area contributed by atoms with E-state index in [1.807, 2.05) is 0 Å². The number of primary amides is 1. The SMILES string of the molecule is NC(=O)c1cc(CNC(=O)c2ccc(OP(=O)(O)O)cc2)ccc1OCC1CCCCC1. The Hall–Kier alpha value is -2.87. The average molecular weight is 462 g/mol. The van der Waals surface area contributed by atoms with Crippen molar-refractivity contribution < 1.29 is 33.2 Å². The van der Waals surface area contributed by atoms with Gasteiger partial charge in [0, 0.05) is 12.1 Å². The van der Waals surface area contributed by atoms with Crippen LogP contribution in [-0.4, -0.2) is 28.2 Å². The molecule has 10 heteroatoms. The Balaban J connectivity index is 1.59. The van der Waals surface area contributed by atoms with Gasteiger partial charge in [0.15, 0.2) is 0 Å². The molecule has 0 heterocycles. The lowest BCUT2D eigenvalue weighted by atomic mass is 9.90. The van der Waals surface area contributed by atoms with Crippen molar-refractivity contribution in [3.8, 4) is 11.5 Å². The first kappa shape index (κ1) is 23.8. The lowest BCUT2D eigenvalue weighted by molar-refractivity contribution is 0.0950. The predicted octanol–water partition coefficient (Wildman–Crippen LogP) is 3.15. The summed E-state index contributed by atoms with van der Waals surface area (Å²) in [6.07, 6.45) is 5.92. The van der Waals surface area contributed by atoms with Gasteiger partial charge in [-0.15, -0.1) is 0 Å². The molecule has 0 unspecified atom stereocenters. The van der Waals surface area contributed by atoms with Crippen LogP contribution in [0.5, 0.6) is 11.5 Å². The van der Waals surface area contributed by atoms with Crippen LogP contribution in [0.15, 0.2) is 42.5 Å². The molecule has 0 aromatic heterocycles. The van der Waals surface area contributed by atoms with E-state index in [0.29, 0.717) is 23.8 Å². The molecule has 2 aromatic carbocycles. The quantitative estimate of drug-likeness (QED) is 0.418. The molecule has 32 heavy (non-hydrogen) atoms. The second-order valence-electron chi connectivity index (χ2n) is 7.80. The van der Waals surface area contributed by atoms with E-state index in [9.17, 15) is 14.2 Å². The molecule has 1 aliphatic rings. The molecule has 0 atom stereocenters. The van der Waals surface area contributed by atoms with E-state index in [2.05, 4.69) is 9.84 Å². The molecule has 0 aliphatic heterocycles. The zero-order valence-electron chi connectivity index (χ0n) is 17.5. The molecule has 5 N–H and O–H groups in total. The summed E-state index contributed by atoms with van der Waals surface area (Å²) < 4.78 is 21.2. The van der Waals surface area contributed by atoms with Gasteiger partial charge in [-0.2, -0.15) is 0 Å². The largest absolute Gasteiger partial charge is 0.524 e. The monoisotopic (exact) mass is 462 g/mol. The number of phosphoric ester groups is 1. The van der Waals surface area contributed by atoms with Crippen LogP contribution >= 0.6 is 7.82 Å². The maximum absolute atomic E-state index is 12.4. The predicted molar refractivity (Wildman–Crippen MR) is 117 cm³/mol. The third-order valence-corrected chi connectivity index (χ3v) is 5.75. The summed E-state index contributed by atoms with van der Waals surface area (Å²) in [7, 11) is -4.66. The van der Waals surface area contributed by atoms with Crippen molar-refractivity contribution in [3.05, 3.63) is 59.2 Å². The van der Waals surface area contributed by atoms with Crippen LogP contribution in [0.2, 0.25) is 0 Å². The second kappa shape index (κ2) is 10.6. The Labute approximate surface area is 186 Å². The fraction of sp³-hybridized carbons (Fsp3) is 0.364. The highest BCUT2D eigenvalue weighted by atomic mass is 31.2. The topological polar surface area (TPSA) is 148 Å². The van der Waals surface area contributed by atoms with Crippen LogP contribution in [0.1, 0.15) is 58.4 Å². The molecule has 1 aliphatic carbocycles. The van der Waals surface area contributed by atoms with Gasteiger partial charge in [-0.1, -0.05) is 25.3 Å². The van der Waals surface area contributed by atoms with Crippen molar-refractivity contribution in [3.63, 3.8) is 0 Å². The minimum absolute atomic E-state index is 0.0511. The molecule has 0 bridgehead atoms. The minimum Gasteiger partial charge on any atom is -0.492 e. The number of rotatable bonds is 9. The van der Waals surface area contributed by atoms with Gasteiger partial charge < -0.3 is 20.3 Å². The van der Waals surface area contributed by atoms with Gasteiger partial charge in [-0.3, -0.25) is 19.4 Å². The lowest BCUT2D eigenvalue weighted by Gasteiger charge is -2.22. The van der Waals surface area contributed by atoms with Crippen LogP contribution in [0.25, 0.3) is 0 Å². The number of hydrogen-bond donors (Lipinski definition) is 4. The maximum Gasteiger partial charge on any atom is 0.524 e. The van der Waals surface area contributed by atoms with Crippen molar-refractivity contribution in [1.29, 1.82) is 0 Å². The maximum atomic E-state index is 12.4. The van der Waals surface area contributed by atoms with E-state index in [4.69, 9.17) is 20.3 Å². The van der Waals surface area contributed by atoms with E-state index in [1.165, 1.54) is 43.5 Å². The standard InChI is InChI=1S/C22H27N2O7P/c23-21(25)19-12-16(6-11-20(19)30-14-15-4-2-1-3-5-15)13-24-22(26)17-7-9-18(10-8-17)31-32(27,28)29/h6-12,15H,1-5,13-14H2,(H2,23,25)(H,24,26)(H2,27,28,29). The highest BCUT2D eigenvalue weighted by molar-refractivity contribution is 7.46. The zero-order valence-corrected chi connectivity index (χ0v) is 18.4. The van der Waals surface area contributed by atoms with Crippen molar-refractivity contribution in [2.75, 3.05) is 6.61 Å². The molecule has 3 rings (SSSR count). The average Bonchev–Trinajstić information content (AvgIpc) is 2.76. The molecule has 0 spiro atoms. The summed E-state index contributed by atoms with van der Waals surface area (Å²) in [5, 5.41) is 2.73. The third kappa shape index (κ3) is 7.09. The van der Waals surface area contributed by atoms with Gasteiger partial charge in [0.25, 0.3) is 11.8 Å². The van der Waals surface area contributed by atoms with Gasteiger partial charge in [0.05, 0.1) is 12.2 Å². The molecular weight excluding hydrogens is 435 g/mol. The number of carbonyl (C=O) groups is 2. The van der Waals surface area contributed by atoms with Crippen LogP contribution in [0.4, 0.5) is 0 Å². The number of ether oxygens (including phenoxy) is 1. The van der Waals surface area contributed by atoms with E-state index >= 15 is 0 Å². The molecule has 2 aromatic rings. The fourth-order valence-electron chi connectivity index (χ4n) is 3.66. The lowest BCUT2D eigenvalue weighted by Crippen LogP contribution is -2.23. The summed E-state index contributed by atoms with van der Waals surface area (Å²) >= 11 is 0. The van der Waals surface area contributed by atoms with Crippen molar-refractivity contribution in [2.24, 2.45) is 11.7 Å². The number of amides is 2. The summed E-state index contributed by atoms with van der Waals surface area (Å²) in [4.78, 5) is 41.9. The molecule has 0 saturated heterocycles. The first-order valence-electron chi connectivity index (χ1n) is 10.4. The van der Waals surface area contributed by atoms with Crippen LogP contribution < -0.4 is 20.3 Å². The van der Waals surface area contributed by atoms with E-state index in [-0.39, 0.29) is 23.4 Å². The highest BCUT2D eigenvalue weighted by Gasteiger charge is 2.18. The number of hydrogen-bond acceptors (Lipinski definition) is 5. The Bertz CT molecular complexity index is 998. The first-order valence-corrected chi connectivity index (χ1v) is 11.9. The second-order valence-corrected chi connectivity index (χ2v) is 8.96. The molecule has 172 valence electrons. The Morgan fingerprint density at radius 1 is 1.06 bits per heavy atom. The number of benzene rings is 2. The summed E-state index contributed by atoms with van der Waals surface area (Å²) in [5.41, 5.74) is 6.76. The summed E-state index contributed by atoms with van der Waals surface area (Å²) in [5.74, 6) is -0.117. The molecule has 1 saturated carbocycles. The van der Waals surface area contributed by atoms with Crippen molar-refractivity contribution >= 4 is 19.6 Å². The summed E-state index contributed by atoms with van der Waals surface area (Å²) in [6.45, 7) is 0.709. The molecule has 2 amide bonds. The Kier molecular flexibility index (Phi) is 7.90. The molecule has 9 nitrogen and oxygen atoms in total. The van der Waals surface area contributed by atoms with Gasteiger partial charge in [0.1, 0.15) is 11.5 Å². The van der Waals surface area contributed by atoms with Gasteiger partial charge >= 0.3 is 7.82 Å². The van der Waals surface area contributed by atoms with Crippen LogP contribution in [0, 0.1) is 5.92 Å². The minimum atomic E-state index is -4.66. The zero-order chi connectivity index (χ0) is 23.1. The van der Waals surface area contributed by atoms with Crippen molar-refractivity contribution in [2.45, 2.75) is 38.6 Å². The van der Waals surface area contributed by atoms with Crippen molar-refractivity contribution in [1.82, 2.24) is 5.32 Å². The van der Waals surface area contributed by atoms with E-state index < -0.39 is 19.6 Å². The fourth-order valence-corrected chi connectivity index (χ4v) is 4.05. The van der Waals surface area contributed by atoms with E-state index in [1.54, 1.807) is 18.2 Å². The van der Waals surface area contributed by atoms with Crippen LogP contribution in [-0.2, 0) is 11.1 Å². The molecule has 1 fully saturated rings. The number of nitrogens with one attached hydrogen (secondary N) is 1. The van der Waals surface area contributed by atoms with Crippen LogP contribution in [0.3, 0.4) is 0 Å². The molecular formula is C22H27N2O7P. The number of phosphoric acid groups is 1. The van der Waals surface area contributed by atoms with Gasteiger partial charge in [-0.25, -0.2) is 4.57 Å². The third-order valence-electron chi connectivity index (χ3n) is 5.30.